The predicted octanol–water partition coefficient (Wildman–Crippen LogP) is 4.03. The highest BCUT2D eigenvalue weighted by atomic mass is 79.9. The molecule has 0 heterocycles. The molecule has 0 bridgehead atoms. The molecule has 2 aromatic rings. The van der Waals surface area contributed by atoms with Gasteiger partial charge in [-0.3, -0.25) is 4.79 Å². The summed E-state index contributed by atoms with van der Waals surface area (Å²) in [6.07, 6.45) is 0. The molecule has 0 radical (unpaired) electrons. The lowest BCUT2D eigenvalue weighted by Crippen LogP contribution is -1.97. The molecule has 2 aromatic carbocycles. The summed E-state index contributed by atoms with van der Waals surface area (Å²) >= 11 is 3.37. The normalized spacial score (nSPS) is 10.1. The number of Topliss-reactive ketones (excluding diaryl/α,β-unsaturated/α-hetero) is 1. The number of hydrogen-bond donors (Lipinski definition) is 1. The molecule has 0 saturated carbocycles. The number of rotatable bonds is 3. The fraction of sp³-hybridized carbons (Fsp3) is 0.0714. The average Bonchev–Trinajstić information content (AvgIpc) is 2.31. The molecular formula is C14H12BrNO2. The van der Waals surface area contributed by atoms with Gasteiger partial charge in [-0.1, -0.05) is 22.0 Å². The first-order valence-corrected chi connectivity index (χ1v) is 6.19. The van der Waals surface area contributed by atoms with E-state index in [1.54, 1.807) is 18.2 Å². The highest BCUT2D eigenvalue weighted by Gasteiger charge is 2.06. The molecule has 0 aliphatic heterocycles. The Morgan fingerprint density at radius 3 is 2.61 bits per heavy atom. The quantitative estimate of drug-likeness (QED) is 0.688. The minimum atomic E-state index is -0.0179. The van der Waals surface area contributed by atoms with Crippen LogP contribution in [0.1, 0.15) is 17.3 Å². The van der Waals surface area contributed by atoms with Crippen LogP contribution < -0.4 is 10.5 Å². The van der Waals surface area contributed by atoms with Gasteiger partial charge in [0.2, 0.25) is 0 Å². The lowest BCUT2D eigenvalue weighted by Gasteiger charge is -2.09. The molecule has 0 amide bonds. The highest BCUT2D eigenvalue weighted by Crippen LogP contribution is 2.29. The number of anilines is 1. The van der Waals surface area contributed by atoms with Crippen molar-refractivity contribution < 1.29 is 9.53 Å². The molecule has 92 valence electrons. The van der Waals surface area contributed by atoms with Crippen LogP contribution in [0.25, 0.3) is 0 Å². The van der Waals surface area contributed by atoms with Gasteiger partial charge < -0.3 is 10.5 Å². The van der Waals surface area contributed by atoms with Crippen molar-refractivity contribution in [2.24, 2.45) is 0 Å². The Morgan fingerprint density at radius 2 is 2.00 bits per heavy atom. The fourth-order valence-corrected chi connectivity index (χ4v) is 1.90. The summed E-state index contributed by atoms with van der Waals surface area (Å²) in [5, 5.41) is 0. The van der Waals surface area contributed by atoms with Crippen molar-refractivity contribution in [2.45, 2.75) is 6.92 Å². The lowest BCUT2D eigenvalue weighted by molar-refractivity contribution is 0.101. The van der Waals surface area contributed by atoms with Crippen molar-refractivity contribution in [1.82, 2.24) is 0 Å². The van der Waals surface area contributed by atoms with Crippen LogP contribution in [-0.4, -0.2) is 5.78 Å². The van der Waals surface area contributed by atoms with Gasteiger partial charge in [0.05, 0.1) is 5.69 Å². The number of halogens is 1. The monoisotopic (exact) mass is 305 g/mol. The Bertz CT molecular complexity index is 596. The number of nitrogen functional groups attached to an aromatic ring is 1. The molecule has 3 nitrogen and oxygen atoms in total. The molecular weight excluding hydrogens is 294 g/mol. The van der Waals surface area contributed by atoms with Gasteiger partial charge in [0.25, 0.3) is 0 Å². The molecule has 0 saturated heterocycles. The summed E-state index contributed by atoms with van der Waals surface area (Å²) < 4.78 is 6.59. The standard InChI is InChI=1S/C14H12BrNO2/c1-9(17)10-5-6-14(13(16)7-10)18-12-4-2-3-11(15)8-12/h2-8H,16H2,1H3. The number of nitrogens with two attached hydrogens (primary N) is 1. The summed E-state index contributed by atoms with van der Waals surface area (Å²) in [6, 6.07) is 12.5. The first kappa shape index (κ1) is 12.6. The molecule has 0 fully saturated rings. The van der Waals surface area contributed by atoms with Crippen LogP contribution in [-0.2, 0) is 0 Å². The smallest absolute Gasteiger partial charge is 0.159 e. The maximum Gasteiger partial charge on any atom is 0.159 e. The van der Waals surface area contributed by atoms with Crippen LogP contribution in [0.3, 0.4) is 0 Å². The second-order valence-electron chi connectivity index (χ2n) is 3.87. The molecule has 18 heavy (non-hydrogen) atoms. The third-order valence-corrected chi connectivity index (χ3v) is 2.93. The van der Waals surface area contributed by atoms with Gasteiger partial charge in [-0.05, 0) is 43.3 Å². The summed E-state index contributed by atoms with van der Waals surface area (Å²) in [5.74, 6) is 1.21. The highest BCUT2D eigenvalue weighted by molar-refractivity contribution is 9.10. The van der Waals surface area contributed by atoms with Gasteiger partial charge in [-0.15, -0.1) is 0 Å². The fourth-order valence-electron chi connectivity index (χ4n) is 1.52. The van der Waals surface area contributed by atoms with Gasteiger partial charge in [-0.25, -0.2) is 0 Å². The third kappa shape index (κ3) is 2.90. The maximum absolute atomic E-state index is 11.2. The Hall–Kier alpha value is -1.81. The molecule has 0 aliphatic rings. The van der Waals surface area contributed by atoms with Crippen LogP contribution in [0.4, 0.5) is 5.69 Å². The summed E-state index contributed by atoms with van der Waals surface area (Å²) in [4.78, 5) is 11.2. The van der Waals surface area contributed by atoms with Crippen molar-refractivity contribution in [3.63, 3.8) is 0 Å². The van der Waals surface area contributed by atoms with E-state index >= 15 is 0 Å². The van der Waals surface area contributed by atoms with Gasteiger partial charge in [0, 0.05) is 10.0 Å². The van der Waals surface area contributed by atoms with Crippen LogP contribution >= 0.6 is 15.9 Å². The molecule has 0 unspecified atom stereocenters. The second kappa shape index (κ2) is 5.23. The van der Waals surface area contributed by atoms with E-state index in [2.05, 4.69) is 15.9 Å². The zero-order valence-electron chi connectivity index (χ0n) is 9.81. The third-order valence-electron chi connectivity index (χ3n) is 2.44. The molecule has 0 aliphatic carbocycles. The molecule has 0 atom stereocenters. The van der Waals surface area contributed by atoms with Crippen molar-refractivity contribution in [1.29, 1.82) is 0 Å². The first-order chi connectivity index (χ1) is 8.56. The van der Waals surface area contributed by atoms with E-state index in [-0.39, 0.29) is 5.78 Å². The Kier molecular flexibility index (Phi) is 3.67. The van der Waals surface area contributed by atoms with Crippen molar-refractivity contribution in [2.75, 3.05) is 5.73 Å². The molecule has 2 rings (SSSR count). The van der Waals surface area contributed by atoms with E-state index in [9.17, 15) is 4.79 Å². The van der Waals surface area contributed by atoms with E-state index in [1.807, 2.05) is 24.3 Å². The van der Waals surface area contributed by atoms with Gasteiger partial charge in [0.15, 0.2) is 5.78 Å². The van der Waals surface area contributed by atoms with Crippen LogP contribution in [0.5, 0.6) is 11.5 Å². The minimum Gasteiger partial charge on any atom is -0.455 e. The molecule has 4 heteroatoms. The van der Waals surface area contributed by atoms with E-state index in [4.69, 9.17) is 10.5 Å². The van der Waals surface area contributed by atoms with Gasteiger partial charge in [-0.2, -0.15) is 0 Å². The Morgan fingerprint density at radius 1 is 1.22 bits per heavy atom. The van der Waals surface area contributed by atoms with Gasteiger partial charge in [0.1, 0.15) is 11.5 Å². The van der Waals surface area contributed by atoms with Gasteiger partial charge >= 0.3 is 0 Å². The average molecular weight is 306 g/mol. The summed E-state index contributed by atoms with van der Waals surface area (Å²) in [5.41, 5.74) is 6.88. The lowest BCUT2D eigenvalue weighted by atomic mass is 10.1. The van der Waals surface area contributed by atoms with Crippen LogP contribution in [0.15, 0.2) is 46.9 Å². The summed E-state index contributed by atoms with van der Waals surface area (Å²) in [6.45, 7) is 1.50. The number of carbonyl (C=O) groups excluding carboxylic acids is 1. The van der Waals surface area contributed by atoms with Crippen molar-refractivity contribution >= 4 is 27.4 Å². The number of hydrogen-bond acceptors (Lipinski definition) is 3. The zero-order chi connectivity index (χ0) is 13.1. The van der Waals surface area contributed by atoms with Crippen molar-refractivity contribution in [3.8, 4) is 11.5 Å². The Balaban J connectivity index is 2.27. The SMILES string of the molecule is CC(=O)c1ccc(Oc2cccc(Br)c2)c(N)c1. The molecule has 0 spiro atoms. The molecule has 0 aromatic heterocycles. The van der Waals surface area contributed by atoms with Crippen LogP contribution in [0, 0.1) is 0 Å². The second-order valence-corrected chi connectivity index (χ2v) is 4.78. The number of ketones is 1. The van der Waals surface area contributed by atoms with E-state index in [0.29, 0.717) is 22.7 Å². The topological polar surface area (TPSA) is 52.3 Å². The largest absolute Gasteiger partial charge is 0.455 e. The zero-order valence-corrected chi connectivity index (χ0v) is 11.4. The predicted molar refractivity (Wildman–Crippen MR) is 75.1 cm³/mol. The minimum absolute atomic E-state index is 0.0179. The van der Waals surface area contributed by atoms with E-state index in [1.165, 1.54) is 6.92 Å². The van der Waals surface area contributed by atoms with Crippen molar-refractivity contribution in [3.05, 3.63) is 52.5 Å². The van der Waals surface area contributed by atoms with E-state index in [0.717, 1.165) is 4.47 Å². The first-order valence-electron chi connectivity index (χ1n) is 5.40. The summed E-state index contributed by atoms with van der Waals surface area (Å²) in [7, 11) is 0. The maximum atomic E-state index is 11.2. The number of carbonyl (C=O) groups is 1. The van der Waals surface area contributed by atoms with E-state index < -0.39 is 0 Å². The van der Waals surface area contributed by atoms with Crippen LogP contribution in [0.2, 0.25) is 0 Å². The Labute approximate surface area is 114 Å². The number of benzene rings is 2. The molecule has 2 N–H and O–H groups in total. The number of ether oxygens (including phenoxy) is 1.